The second-order valence-electron chi connectivity index (χ2n) is 6.60. The minimum absolute atomic E-state index is 0.0721. The SMILES string of the molecule is CC(C)c1cc(C(=O)NC(c2ccccc2)C2CC2C)n[nH]1. The maximum absolute atomic E-state index is 12.5. The number of aromatic nitrogens is 2. The first-order valence-corrected chi connectivity index (χ1v) is 7.97. The number of carbonyl (C=O) groups is 1. The van der Waals surface area contributed by atoms with Gasteiger partial charge < -0.3 is 5.32 Å². The van der Waals surface area contributed by atoms with Crippen LogP contribution in [0.3, 0.4) is 0 Å². The smallest absolute Gasteiger partial charge is 0.272 e. The van der Waals surface area contributed by atoms with Crippen molar-refractivity contribution in [3.8, 4) is 0 Å². The summed E-state index contributed by atoms with van der Waals surface area (Å²) in [6, 6.07) is 12.1. The Kier molecular flexibility index (Phi) is 4.01. The first-order chi connectivity index (χ1) is 10.6. The summed E-state index contributed by atoms with van der Waals surface area (Å²) in [7, 11) is 0. The van der Waals surface area contributed by atoms with Crippen LogP contribution in [-0.2, 0) is 0 Å². The fraction of sp³-hybridized carbons (Fsp3) is 0.444. The van der Waals surface area contributed by atoms with Gasteiger partial charge in [-0.3, -0.25) is 9.89 Å². The molecule has 2 N–H and O–H groups in total. The van der Waals surface area contributed by atoms with E-state index >= 15 is 0 Å². The summed E-state index contributed by atoms with van der Waals surface area (Å²) in [4.78, 5) is 12.5. The first-order valence-electron chi connectivity index (χ1n) is 7.97. The van der Waals surface area contributed by atoms with Gasteiger partial charge in [0.2, 0.25) is 0 Å². The van der Waals surface area contributed by atoms with E-state index in [1.807, 2.05) is 24.3 Å². The summed E-state index contributed by atoms with van der Waals surface area (Å²) in [5.41, 5.74) is 2.63. The van der Waals surface area contributed by atoms with Crippen molar-refractivity contribution in [1.29, 1.82) is 0 Å². The van der Waals surface area contributed by atoms with Crippen molar-refractivity contribution in [2.45, 2.75) is 39.2 Å². The fourth-order valence-corrected chi connectivity index (χ4v) is 2.88. The van der Waals surface area contributed by atoms with E-state index in [1.54, 1.807) is 0 Å². The predicted octanol–water partition coefficient (Wildman–Crippen LogP) is 3.66. The molecule has 3 unspecified atom stereocenters. The van der Waals surface area contributed by atoms with Gasteiger partial charge in [0.1, 0.15) is 5.69 Å². The third-order valence-electron chi connectivity index (χ3n) is 4.50. The van der Waals surface area contributed by atoms with Gasteiger partial charge in [-0.05, 0) is 35.8 Å². The van der Waals surface area contributed by atoms with E-state index in [0.717, 1.165) is 12.1 Å². The molecule has 1 aliphatic rings. The van der Waals surface area contributed by atoms with Gasteiger partial charge in [0.05, 0.1) is 6.04 Å². The highest BCUT2D eigenvalue weighted by molar-refractivity contribution is 5.92. The van der Waals surface area contributed by atoms with Crippen LogP contribution in [0, 0.1) is 11.8 Å². The Morgan fingerprint density at radius 3 is 2.55 bits per heavy atom. The van der Waals surface area contributed by atoms with Crippen LogP contribution in [0.5, 0.6) is 0 Å². The molecule has 0 saturated heterocycles. The highest BCUT2D eigenvalue weighted by Crippen LogP contribution is 2.46. The molecule has 1 amide bonds. The summed E-state index contributed by atoms with van der Waals surface area (Å²) in [6.07, 6.45) is 1.16. The van der Waals surface area contributed by atoms with Crippen molar-refractivity contribution in [3.05, 3.63) is 53.3 Å². The molecule has 1 saturated carbocycles. The molecule has 2 aromatic rings. The zero-order chi connectivity index (χ0) is 15.7. The average molecular weight is 297 g/mol. The highest BCUT2D eigenvalue weighted by Gasteiger charge is 2.41. The largest absolute Gasteiger partial charge is 0.344 e. The molecule has 3 atom stereocenters. The van der Waals surface area contributed by atoms with Crippen LogP contribution < -0.4 is 5.32 Å². The molecule has 0 aliphatic heterocycles. The number of nitrogens with one attached hydrogen (secondary N) is 2. The second kappa shape index (κ2) is 5.95. The maximum atomic E-state index is 12.5. The molecule has 4 heteroatoms. The van der Waals surface area contributed by atoms with Gasteiger partial charge in [-0.1, -0.05) is 51.1 Å². The van der Waals surface area contributed by atoms with Crippen LogP contribution in [0.25, 0.3) is 0 Å². The third kappa shape index (κ3) is 3.06. The average Bonchev–Trinajstić information content (AvgIpc) is 3.04. The summed E-state index contributed by atoms with van der Waals surface area (Å²) in [5, 5.41) is 10.3. The van der Waals surface area contributed by atoms with Gasteiger partial charge >= 0.3 is 0 Å². The molecule has 3 rings (SSSR count). The third-order valence-corrected chi connectivity index (χ3v) is 4.50. The van der Waals surface area contributed by atoms with Gasteiger partial charge in [0.15, 0.2) is 0 Å². The molecule has 0 radical (unpaired) electrons. The van der Waals surface area contributed by atoms with E-state index in [0.29, 0.717) is 23.4 Å². The van der Waals surface area contributed by atoms with Crippen LogP contribution in [0.1, 0.15) is 60.9 Å². The van der Waals surface area contributed by atoms with Crippen LogP contribution in [0.4, 0.5) is 0 Å². The summed E-state index contributed by atoms with van der Waals surface area (Å²) in [5.74, 6) is 1.42. The molecule has 116 valence electrons. The monoisotopic (exact) mass is 297 g/mol. The van der Waals surface area contributed by atoms with Crippen molar-refractivity contribution >= 4 is 5.91 Å². The lowest BCUT2D eigenvalue weighted by molar-refractivity contribution is 0.0925. The van der Waals surface area contributed by atoms with Gasteiger partial charge in [-0.2, -0.15) is 5.10 Å². The van der Waals surface area contributed by atoms with Gasteiger partial charge in [-0.15, -0.1) is 0 Å². The molecule has 0 spiro atoms. The van der Waals surface area contributed by atoms with E-state index in [2.05, 4.69) is 48.4 Å². The molecule has 1 aliphatic carbocycles. The number of rotatable bonds is 5. The van der Waals surface area contributed by atoms with E-state index in [9.17, 15) is 4.79 Å². The second-order valence-corrected chi connectivity index (χ2v) is 6.60. The Morgan fingerprint density at radius 2 is 2.00 bits per heavy atom. The van der Waals surface area contributed by atoms with Crippen molar-refractivity contribution in [3.63, 3.8) is 0 Å². The van der Waals surface area contributed by atoms with E-state index in [-0.39, 0.29) is 11.9 Å². The minimum atomic E-state index is -0.101. The number of H-pyrrole nitrogens is 1. The molecular weight excluding hydrogens is 274 g/mol. The molecule has 1 heterocycles. The Hall–Kier alpha value is -2.10. The van der Waals surface area contributed by atoms with Crippen molar-refractivity contribution in [1.82, 2.24) is 15.5 Å². The van der Waals surface area contributed by atoms with Gasteiger partial charge in [0.25, 0.3) is 5.91 Å². The minimum Gasteiger partial charge on any atom is -0.344 e. The standard InChI is InChI=1S/C18H23N3O/c1-11(2)15-10-16(21-20-15)18(22)19-17(14-9-12(14)3)13-7-5-4-6-8-13/h4-8,10-12,14,17H,9H2,1-3H3,(H,19,22)(H,20,21). The Bertz CT molecular complexity index is 647. The Labute approximate surface area is 131 Å². The predicted molar refractivity (Wildman–Crippen MR) is 86.6 cm³/mol. The summed E-state index contributed by atoms with van der Waals surface area (Å²) >= 11 is 0. The number of hydrogen-bond donors (Lipinski definition) is 2. The lowest BCUT2D eigenvalue weighted by Gasteiger charge is -2.18. The topological polar surface area (TPSA) is 57.8 Å². The van der Waals surface area contributed by atoms with E-state index < -0.39 is 0 Å². The van der Waals surface area contributed by atoms with E-state index in [4.69, 9.17) is 0 Å². The quantitative estimate of drug-likeness (QED) is 0.885. The van der Waals surface area contributed by atoms with Crippen LogP contribution in [-0.4, -0.2) is 16.1 Å². The summed E-state index contributed by atoms with van der Waals surface area (Å²) < 4.78 is 0. The molecule has 22 heavy (non-hydrogen) atoms. The first kappa shape index (κ1) is 14.8. The number of nitrogens with zero attached hydrogens (tertiary/aromatic N) is 1. The Morgan fingerprint density at radius 1 is 1.32 bits per heavy atom. The Balaban J connectivity index is 1.77. The van der Waals surface area contributed by atoms with Crippen LogP contribution in [0.15, 0.2) is 36.4 Å². The zero-order valence-corrected chi connectivity index (χ0v) is 13.3. The summed E-state index contributed by atoms with van der Waals surface area (Å²) in [6.45, 7) is 6.39. The number of aromatic amines is 1. The molecule has 1 fully saturated rings. The van der Waals surface area contributed by atoms with Gasteiger partial charge in [-0.25, -0.2) is 0 Å². The number of carbonyl (C=O) groups excluding carboxylic acids is 1. The van der Waals surface area contributed by atoms with Crippen molar-refractivity contribution < 1.29 is 4.79 Å². The van der Waals surface area contributed by atoms with Crippen molar-refractivity contribution in [2.24, 2.45) is 11.8 Å². The number of amides is 1. The van der Waals surface area contributed by atoms with Crippen molar-refractivity contribution in [2.75, 3.05) is 0 Å². The normalized spacial score (nSPS) is 21.6. The number of benzene rings is 1. The maximum Gasteiger partial charge on any atom is 0.272 e. The van der Waals surface area contributed by atoms with Crippen LogP contribution >= 0.6 is 0 Å². The molecule has 1 aromatic carbocycles. The zero-order valence-electron chi connectivity index (χ0n) is 13.3. The molecular formula is C18H23N3O. The van der Waals surface area contributed by atoms with Gasteiger partial charge in [0, 0.05) is 5.69 Å². The van der Waals surface area contributed by atoms with E-state index in [1.165, 1.54) is 5.56 Å². The lowest BCUT2D eigenvalue weighted by atomic mass is 10.0. The molecule has 0 bridgehead atoms. The molecule has 1 aromatic heterocycles. The highest BCUT2D eigenvalue weighted by atomic mass is 16.2. The number of hydrogen-bond acceptors (Lipinski definition) is 2. The molecule has 4 nitrogen and oxygen atoms in total. The fourth-order valence-electron chi connectivity index (χ4n) is 2.88. The van der Waals surface area contributed by atoms with Crippen LogP contribution in [0.2, 0.25) is 0 Å². The lowest BCUT2D eigenvalue weighted by Crippen LogP contribution is -2.30.